The van der Waals surface area contributed by atoms with Crippen LogP contribution < -0.4 is 4.72 Å². The third kappa shape index (κ3) is 4.23. The van der Waals surface area contributed by atoms with Crippen LogP contribution in [-0.2, 0) is 11.0 Å². The molecule has 0 saturated heterocycles. The molecule has 0 radical (unpaired) electrons. The average Bonchev–Trinajstić information content (AvgIpc) is 1.95. The van der Waals surface area contributed by atoms with Crippen molar-refractivity contribution in [2.75, 3.05) is 0 Å². The van der Waals surface area contributed by atoms with E-state index in [1.807, 2.05) is 4.72 Å². The van der Waals surface area contributed by atoms with Crippen molar-refractivity contribution >= 4 is 11.0 Å². The molecule has 0 fully saturated rings. The Labute approximate surface area is 84.2 Å². The Bertz CT molecular complexity index is 232. The molecule has 84 valence electrons. The van der Waals surface area contributed by atoms with Crippen molar-refractivity contribution in [2.24, 2.45) is 0 Å². The number of halogens is 3. The van der Waals surface area contributed by atoms with Crippen molar-refractivity contribution in [3.8, 4) is 0 Å². The third-order valence-corrected chi connectivity index (χ3v) is 2.96. The zero-order chi connectivity index (χ0) is 11.6. The molecule has 2 atom stereocenters. The first-order valence-corrected chi connectivity index (χ1v) is 5.11. The SMILES string of the molecule is C=C[C@H](NS(=O)C(C)(C)C)C(F)(F)F. The Morgan fingerprint density at radius 1 is 1.36 bits per heavy atom. The monoisotopic (exact) mass is 229 g/mol. The minimum Gasteiger partial charge on any atom is -0.242 e. The fourth-order valence-electron chi connectivity index (χ4n) is 0.541. The fraction of sp³-hybridized carbons (Fsp3) is 0.750. The van der Waals surface area contributed by atoms with Gasteiger partial charge in [0, 0.05) is 0 Å². The van der Waals surface area contributed by atoms with E-state index in [2.05, 4.69) is 6.58 Å². The largest absolute Gasteiger partial charge is 0.408 e. The van der Waals surface area contributed by atoms with Gasteiger partial charge in [-0.3, -0.25) is 0 Å². The van der Waals surface area contributed by atoms with Gasteiger partial charge in [0.25, 0.3) is 0 Å². The Kier molecular flexibility index (Phi) is 4.33. The zero-order valence-corrected chi connectivity index (χ0v) is 9.13. The maximum atomic E-state index is 12.2. The molecule has 0 aliphatic carbocycles. The highest BCUT2D eigenvalue weighted by atomic mass is 32.2. The van der Waals surface area contributed by atoms with Crippen LogP contribution in [0, 0.1) is 0 Å². The maximum Gasteiger partial charge on any atom is 0.408 e. The predicted molar refractivity (Wildman–Crippen MR) is 51.1 cm³/mol. The standard InChI is InChI=1S/C8H14F3NOS/c1-5-6(8(9,10)11)12-14(13)7(2,3)4/h5-6,12H,1H2,2-4H3/t6-,14?/m0/s1. The van der Waals surface area contributed by atoms with Crippen LogP contribution in [0.15, 0.2) is 12.7 Å². The fourth-order valence-corrected chi connectivity index (χ4v) is 1.35. The van der Waals surface area contributed by atoms with Crippen molar-refractivity contribution in [3.63, 3.8) is 0 Å². The molecule has 0 bridgehead atoms. The van der Waals surface area contributed by atoms with E-state index in [0.717, 1.165) is 0 Å². The summed E-state index contributed by atoms with van der Waals surface area (Å²) >= 11 is 0. The van der Waals surface area contributed by atoms with Gasteiger partial charge in [-0.2, -0.15) is 13.2 Å². The van der Waals surface area contributed by atoms with Crippen LogP contribution in [0.4, 0.5) is 13.2 Å². The van der Waals surface area contributed by atoms with Gasteiger partial charge in [0.2, 0.25) is 0 Å². The summed E-state index contributed by atoms with van der Waals surface area (Å²) in [5.41, 5.74) is 0. The van der Waals surface area contributed by atoms with Crippen LogP contribution >= 0.6 is 0 Å². The molecule has 0 heterocycles. The number of hydrogen-bond acceptors (Lipinski definition) is 1. The second kappa shape index (κ2) is 4.44. The lowest BCUT2D eigenvalue weighted by Crippen LogP contribution is -2.46. The summed E-state index contributed by atoms with van der Waals surface area (Å²) < 4.78 is 49.2. The third-order valence-electron chi connectivity index (χ3n) is 1.38. The highest BCUT2D eigenvalue weighted by Gasteiger charge is 2.39. The van der Waals surface area contributed by atoms with E-state index < -0.39 is 28.0 Å². The first kappa shape index (κ1) is 13.6. The van der Waals surface area contributed by atoms with E-state index in [1.54, 1.807) is 20.8 Å². The summed E-state index contributed by atoms with van der Waals surface area (Å²) in [5.74, 6) is 0. The highest BCUT2D eigenvalue weighted by Crippen LogP contribution is 2.22. The lowest BCUT2D eigenvalue weighted by atomic mass is 10.3. The minimum atomic E-state index is -4.46. The number of rotatable bonds is 3. The van der Waals surface area contributed by atoms with Gasteiger partial charge in [-0.15, -0.1) is 6.58 Å². The second-order valence-corrected chi connectivity index (χ2v) is 5.75. The summed E-state index contributed by atoms with van der Waals surface area (Å²) in [5, 5.41) is 0. The summed E-state index contributed by atoms with van der Waals surface area (Å²) in [7, 11) is -1.76. The van der Waals surface area contributed by atoms with Crippen LogP contribution in [0.2, 0.25) is 0 Å². The lowest BCUT2D eigenvalue weighted by Gasteiger charge is -2.23. The first-order valence-electron chi connectivity index (χ1n) is 3.96. The van der Waals surface area contributed by atoms with Gasteiger partial charge < -0.3 is 0 Å². The molecule has 1 N–H and O–H groups in total. The molecule has 0 saturated carbocycles. The average molecular weight is 229 g/mol. The molecule has 0 aromatic rings. The van der Waals surface area contributed by atoms with Crippen LogP contribution in [0.25, 0.3) is 0 Å². The topological polar surface area (TPSA) is 29.1 Å². The molecule has 0 amide bonds. The van der Waals surface area contributed by atoms with E-state index in [9.17, 15) is 17.4 Å². The predicted octanol–water partition coefficient (Wildman–Crippen LogP) is 2.16. The smallest absolute Gasteiger partial charge is 0.242 e. The molecule has 0 aliphatic heterocycles. The molecule has 0 spiro atoms. The van der Waals surface area contributed by atoms with E-state index in [1.165, 1.54) is 0 Å². The highest BCUT2D eigenvalue weighted by molar-refractivity contribution is 7.84. The van der Waals surface area contributed by atoms with Crippen molar-refractivity contribution < 1.29 is 17.4 Å². The van der Waals surface area contributed by atoms with Gasteiger partial charge in [-0.05, 0) is 20.8 Å². The van der Waals surface area contributed by atoms with Gasteiger partial charge in [0.15, 0.2) is 0 Å². The van der Waals surface area contributed by atoms with E-state index in [-0.39, 0.29) is 0 Å². The molecule has 1 unspecified atom stereocenters. The molecular formula is C8H14F3NOS. The van der Waals surface area contributed by atoms with Gasteiger partial charge in [0.05, 0.1) is 15.7 Å². The van der Waals surface area contributed by atoms with Gasteiger partial charge in [0.1, 0.15) is 6.04 Å². The maximum absolute atomic E-state index is 12.2. The molecule has 0 aromatic carbocycles. The minimum absolute atomic E-state index is 0.698. The summed E-state index contributed by atoms with van der Waals surface area (Å²) in [6.45, 7) is 7.82. The first-order chi connectivity index (χ1) is 6.09. The van der Waals surface area contributed by atoms with Crippen molar-refractivity contribution in [2.45, 2.75) is 37.7 Å². The van der Waals surface area contributed by atoms with Crippen LogP contribution in [0.1, 0.15) is 20.8 Å². The molecule has 0 rings (SSSR count). The van der Waals surface area contributed by atoms with Crippen LogP contribution in [0.5, 0.6) is 0 Å². The summed E-state index contributed by atoms with van der Waals surface area (Å²) in [6, 6.07) is -1.93. The number of hydrogen-bond donors (Lipinski definition) is 1. The van der Waals surface area contributed by atoms with Gasteiger partial charge in [-0.1, -0.05) is 6.08 Å². The zero-order valence-electron chi connectivity index (χ0n) is 8.31. The number of nitrogens with one attached hydrogen (secondary N) is 1. The quantitative estimate of drug-likeness (QED) is 0.738. The Morgan fingerprint density at radius 2 is 1.79 bits per heavy atom. The summed E-state index contributed by atoms with van der Waals surface area (Å²) in [6.07, 6.45) is -3.76. The van der Waals surface area contributed by atoms with Crippen LogP contribution in [-0.4, -0.2) is 21.2 Å². The van der Waals surface area contributed by atoms with Crippen LogP contribution in [0.3, 0.4) is 0 Å². The second-order valence-electron chi connectivity index (χ2n) is 3.75. The lowest BCUT2D eigenvalue weighted by molar-refractivity contribution is -0.140. The van der Waals surface area contributed by atoms with E-state index in [0.29, 0.717) is 6.08 Å². The molecule has 6 heteroatoms. The van der Waals surface area contributed by atoms with Crippen molar-refractivity contribution in [3.05, 3.63) is 12.7 Å². The molecule has 2 nitrogen and oxygen atoms in total. The van der Waals surface area contributed by atoms with E-state index in [4.69, 9.17) is 0 Å². The Morgan fingerprint density at radius 3 is 2.00 bits per heavy atom. The molecular weight excluding hydrogens is 215 g/mol. The Balaban J connectivity index is 4.51. The van der Waals surface area contributed by atoms with Crippen molar-refractivity contribution in [1.29, 1.82) is 0 Å². The van der Waals surface area contributed by atoms with E-state index >= 15 is 0 Å². The van der Waals surface area contributed by atoms with Gasteiger partial charge in [-0.25, -0.2) is 8.93 Å². The molecule has 0 aliphatic rings. The van der Waals surface area contributed by atoms with Crippen molar-refractivity contribution in [1.82, 2.24) is 4.72 Å². The molecule has 0 aromatic heterocycles. The summed E-state index contributed by atoms with van der Waals surface area (Å²) in [4.78, 5) is 0. The Hall–Kier alpha value is -0.360. The number of alkyl halides is 3. The normalized spacial score (nSPS) is 17.6. The van der Waals surface area contributed by atoms with Gasteiger partial charge >= 0.3 is 6.18 Å². The molecule has 14 heavy (non-hydrogen) atoms.